The topological polar surface area (TPSA) is 59.0 Å². The molecule has 0 radical (unpaired) electrons. The van der Waals surface area contributed by atoms with Gasteiger partial charge in [-0.1, -0.05) is 25.5 Å². The molecule has 1 aliphatic rings. The van der Waals surface area contributed by atoms with E-state index in [4.69, 9.17) is 15.7 Å². The monoisotopic (exact) mass is 258 g/mol. The summed E-state index contributed by atoms with van der Waals surface area (Å²) in [5.74, 6) is 1.17. The Morgan fingerprint density at radius 3 is 2.79 bits per heavy atom. The van der Waals surface area contributed by atoms with Gasteiger partial charge < -0.3 is 10.5 Å². The zero-order valence-electron chi connectivity index (χ0n) is 11.6. The fourth-order valence-corrected chi connectivity index (χ4v) is 2.79. The summed E-state index contributed by atoms with van der Waals surface area (Å²) in [6.07, 6.45) is 4.82. The Bertz CT molecular complexity index is 449. The molecule has 19 heavy (non-hydrogen) atoms. The number of rotatable bonds is 5. The van der Waals surface area contributed by atoms with Crippen molar-refractivity contribution in [3.8, 4) is 11.8 Å². The van der Waals surface area contributed by atoms with Gasteiger partial charge in [0.2, 0.25) is 0 Å². The molecule has 0 aliphatic heterocycles. The maximum absolute atomic E-state index is 9.15. The molecule has 2 atom stereocenters. The van der Waals surface area contributed by atoms with E-state index in [9.17, 15) is 0 Å². The number of nitrogens with zero attached hydrogens (tertiary/aromatic N) is 1. The SMILES string of the molecule is CCc1ccc(OCCC2CCCC2(N)C#N)cc1. The van der Waals surface area contributed by atoms with Crippen LogP contribution in [0.2, 0.25) is 0 Å². The van der Waals surface area contributed by atoms with Crippen molar-refractivity contribution in [1.82, 2.24) is 0 Å². The first-order chi connectivity index (χ1) is 9.18. The van der Waals surface area contributed by atoms with Gasteiger partial charge in [-0.05, 0) is 49.3 Å². The van der Waals surface area contributed by atoms with Crippen LogP contribution in [0.25, 0.3) is 0 Å². The van der Waals surface area contributed by atoms with Crippen molar-refractivity contribution in [2.24, 2.45) is 11.7 Å². The van der Waals surface area contributed by atoms with E-state index in [2.05, 4.69) is 25.1 Å². The van der Waals surface area contributed by atoms with Crippen molar-refractivity contribution < 1.29 is 4.74 Å². The maximum Gasteiger partial charge on any atom is 0.119 e. The van der Waals surface area contributed by atoms with E-state index in [1.165, 1.54) is 5.56 Å². The van der Waals surface area contributed by atoms with Crippen LogP contribution in [0.3, 0.4) is 0 Å². The van der Waals surface area contributed by atoms with Crippen molar-refractivity contribution in [2.45, 2.75) is 44.6 Å². The molecule has 1 aromatic rings. The second-order valence-electron chi connectivity index (χ2n) is 5.38. The van der Waals surface area contributed by atoms with Crippen LogP contribution in [0.4, 0.5) is 0 Å². The highest BCUT2D eigenvalue weighted by Crippen LogP contribution is 2.35. The van der Waals surface area contributed by atoms with Gasteiger partial charge in [-0.15, -0.1) is 0 Å². The number of hydrogen-bond donors (Lipinski definition) is 1. The van der Waals surface area contributed by atoms with Gasteiger partial charge in [0.1, 0.15) is 11.3 Å². The summed E-state index contributed by atoms with van der Waals surface area (Å²) in [6.45, 7) is 2.77. The largest absolute Gasteiger partial charge is 0.494 e. The molecule has 2 rings (SSSR count). The molecular formula is C16H22N2O. The number of nitrogens with two attached hydrogens (primary N) is 1. The second kappa shape index (κ2) is 6.08. The lowest BCUT2D eigenvalue weighted by Crippen LogP contribution is -2.42. The molecule has 0 amide bonds. The van der Waals surface area contributed by atoms with E-state index in [1.54, 1.807) is 0 Å². The van der Waals surface area contributed by atoms with Gasteiger partial charge in [0, 0.05) is 0 Å². The van der Waals surface area contributed by atoms with Crippen LogP contribution >= 0.6 is 0 Å². The minimum Gasteiger partial charge on any atom is -0.494 e. The van der Waals surface area contributed by atoms with Crippen molar-refractivity contribution in [1.29, 1.82) is 5.26 Å². The molecule has 1 aromatic carbocycles. The van der Waals surface area contributed by atoms with E-state index in [1.807, 2.05) is 12.1 Å². The van der Waals surface area contributed by atoms with Crippen LogP contribution in [-0.2, 0) is 6.42 Å². The van der Waals surface area contributed by atoms with E-state index < -0.39 is 5.54 Å². The highest BCUT2D eigenvalue weighted by molar-refractivity contribution is 5.27. The summed E-state index contributed by atoms with van der Waals surface area (Å²) in [6, 6.07) is 10.5. The third-order valence-electron chi connectivity index (χ3n) is 4.15. The molecule has 2 N–H and O–H groups in total. The molecule has 3 heteroatoms. The minimum atomic E-state index is -0.630. The number of ether oxygens (including phenoxy) is 1. The van der Waals surface area contributed by atoms with Crippen LogP contribution in [0.15, 0.2) is 24.3 Å². The van der Waals surface area contributed by atoms with E-state index >= 15 is 0 Å². The first-order valence-corrected chi connectivity index (χ1v) is 7.10. The predicted molar refractivity (Wildman–Crippen MR) is 75.8 cm³/mol. The van der Waals surface area contributed by atoms with Gasteiger partial charge in [0.05, 0.1) is 12.7 Å². The Labute approximate surface area is 115 Å². The summed E-state index contributed by atoms with van der Waals surface area (Å²) < 4.78 is 5.74. The molecule has 0 aromatic heterocycles. The first kappa shape index (κ1) is 13.9. The van der Waals surface area contributed by atoms with E-state index in [0.29, 0.717) is 6.61 Å². The Hall–Kier alpha value is -1.53. The molecule has 0 spiro atoms. The lowest BCUT2D eigenvalue weighted by Gasteiger charge is -2.23. The van der Waals surface area contributed by atoms with Gasteiger partial charge in [-0.2, -0.15) is 5.26 Å². The molecule has 2 unspecified atom stereocenters. The normalized spacial score (nSPS) is 26.1. The Morgan fingerprint density at radius 1 is 1.42 bits per heavy atom. The van der Waals surface area contributed by atoms with Crippen LogP contribution in [0, 0.1) is 17.2 Å². The summed E-state index contributed by atoms with van der Waals surface area (Å²) in [7, 11) is 0. The zero-order valence-corrected chi connectivity index (χ0v) is 11.6. The Balaban J connectivity index is 1.81. The lowest BCUT2D eigenvalue weighted by molar-refractivity contribution is 0.254. The maximum atomic E-state index is 9.15. The van der Waals surface area contributed by atoms with Crippen LogP contribution < -0.4 is 10.5 Å². The smallest absolute Gasteiger partial charge is 0.119 e. The molecule has 0 bridgehead atoms. The van der Waals surface area contributed by atoms with Crippen LogP contribution in [0.5, 0.6) is 5.75 Å². The Morgan fingerprint density at radius 2 is 2.16 bits per heavy atom. The first-order valence-electron chi connectivity index (χ1n) is 7.10. The minimum absolute atomic E-state index is 0.271. The summed E-state index contributed by atoms with van der Waals surface area (Å²) in [4.78, 5) is 0. The fraction of sp³-hybridized carbons (Fsp3) is 0.562. The molecule has 0 saturated heterocycles. The summed E-state index contributed by atoms with van der Waals surface area (Å²) >= 11 is 0. The third kappa shape index (κ3) is 3.27. The van der Waals surface area contributed by atoms with Gasteiger partial charge >= 0.3 is 0 Å². The molecule has 102 valence electrons. The van der Waals surface area contributed by atoms with Gasteiger partial charge in [0.15, 0.2) is 0 Å². The molecule has 3 nitrogen and oxygen atoms in total. The van der Waals surface area contributed by atoms with E-state index in [-0.39, 0.29) is 5.92 Å². The number of nitriles is 1. The molecule has 0 heterocycles. The molecule has 1 saturated carbocycles. The van der Waals surface area contributed by atoms with Crippen molar-refractivity contribution in [3.63, 3.8) is 0 Å². The second-order valence-corrected chi connectivity index (χ2v) is 5.38. The average Bonchev–Trinajstić information content (AvgIpc) is 2.82. The number of hydrogen-bond acceptors (Lipinski definition) is 3. The van der Waals surface area contributed by atoms with E-state index in [0.717, 1.165) is 37.9 Å². The molecule has 1 fully saturated rings. The fourth-order valence-electron chi connectivity index (χ4n) is 2.79. The van der Waals surface area contributed by atoms with Gasteiger partial charge in [-0.3, -0.25) is 0 Å². The number of benzene rings is 1. The highest BCUT2D eigenvalue weighted by atomic mass is 16.5. The zero-order chi connectivity index (χ0) is 13.7. The van der Waals surface area contributed by atoms with Crippen molar-refractivity contribution in [3.05, 3.63) is 29.8 Å². The van der Waals surface area contributed by atoms with Crippen molar-refractivity contribution >= 4 is 0 Å². The van der Waals surface area contributed by atoms with Crippen LogP contribution in [0.1, 0.15) is 38.2 Å². The highest BCUT2D eigenvalue weighted by Gasteiger charge is 2.39. The molecular weight excluding hydrogens is 236 g/mol. The average molecular weight is 258 g/mol. The number of aryl methyl sites for hydroxylation is 1. The summed E-state index contributed by atoms with van der Waals surface area (Å²) in [5.41, 5.74) is 6.79. The standard InChI is InChI=1S/C16H22N2O/c1-2-13-5-7-15(8-6-13)19-11-9-14-4-3-10-16(14,18)12-17/h5-8,14H,2-4,9-11,18H2,1H3. The lowest BCUT2D eigenvalue weighted by atomic mass is 9.87. The van der Waals surface area contributed by atoms with Gasteiger partial charge in [0.25, 0.3) is 0 Å². The Kier molecular flexibility index (Phi) is 4.44. The molecule has 1 aliphatic carbocycles. The predicted octanol–water partition coefficient (Wildman–Crippen LogP) is 3.04. The van der Waals surface area contributed by atoms with Crippen molar-refractivity contribution in [2.75, 3.05) is 6.61 Å². The van der Waals surface area contributed by atoms with Crippen LogP contribution in [-0.4, -0.2) is 12.1 Å². The third-order valence-corrected chi connectivity index (χ3v) is 4.15. The quantitative estimate of drug-likeness (QED) is 0.883. The summed E-state index contributed by atoms with van der Waals surface area (Å²) in [5, 5.41) is 9.15. The van der Waals surface area contributed by atoms with Gasteiger partial charge in [-0.25, -0.2) is 0 Å².